The zero-order chi connectivity index (χ0) is 17.1. The minimum atomic E-state index is -0.483. The molecule has 7 heteroatoms. The fourth-order valence-corrected chi connectivity index (χ4v) is 4.19. The molecule has 0 atom stereocenters. The van der Waals surface area contributed by atoms with Crippen LogP contribution < -0.4 is 10.6 Å². The summed E-state index contributed by atoms with van der Waals surface area (Å²) in [7, 11) is 0. The molecule has 2 heterocycles. The van der Waals surface area contributed by atoms with Gasteiger partial charge in [-0.25, -0.2) is 0 Å². The first-order chi connectivity index (χ1) is 11.6. The lowest BCUT2D eigenvalue weighted by Crippen LogP contribution is -2.36. The number of benzene rings is 1. The van der Waals surface area contributed by atoms with Crippen LogP contribution in [0.1, 0.15) is 15.2 Å². The molecule has 1 amide bonds. The fourth-order valence-electron chi connectivity index (χ4n) is 2.81. The maximum Gasteiger partial charge on any atom is 0.259 e. The highest BCUT2D eigenvalue weighted by atomic mass is 35.5. The second kappa shape index (κ2) is 7.22. The van der Waals surface area contributed by atoms with Crippen molar-refractivity contribution in [2.45, 2.75) is 6.42 Å². The number of thiophene rings is 1. The summed E-state index contributed by atoms with van der Waals surface area (Å²) in [6, 6.07) is 9.44. The average molecular weight is 362 g/mol. The fraction of sp³-hybridized carbons (Fsp3) is 0.294. The zero-order valence-electron chi connectivity index (χ0n) is 12.9. The molecule has 24 heavy (non-hydrogen) atoms. The average Bonchev–Trinajstić information content (AvgIpc) is 2.96. The molecule has 3 rings (SSSR count). The number of carbonyl (C=O) groups excluding carboxylic acids is 1. The summed E-state index contributed by atoms with van der Waals surface area (Å²) in [5.74, 6) is -0.483. The van der Waals surface area contributed by atoms with Gasteiger partial charge >= 0.3 is 0 Å². The summed E-state index contributed by atoms with van der Waals surface area (Å²) in [5.41, 5.74) is 8.04. The van der Waals surface area contributed by atoms with E-state index in [4.69, 9.17) is 22.1 Å². The predicted octanol–water partition coefficient (Wildman–Crippen LogP) is 3.07. The molecule has 124 valence electrons. The molecular weight excluding hydrogens is 346 g/mol. The number of nitrogens with two attached hydrogens (primary N) is 1. The SMILES string of the molecule is N#CCc1c(N2CCOCC2)sc(C(N)=O)c1-c1ccc(Cl)cc1. The Bertz CT molecular complexity index is 789. The Morgan fingerprint density at radius 2 is 2.00 bits per heavy atom. The van der Waals surface area contributed by atoms with Crippen LogP contribution in [0.25, 0.3) is 11.1 Å². The standard InChI is InChI=1S/C17H16ClN3O2S/c18-12-3-1-11(2-4-12)14-13(5-6-19)17(24-15(14)16(20)22)21-7-9-23-10-8-21/h1-4H,5,7-10H2,(H2,20,22). The van der Waals surface area contributed by atoms with Crippen molar-refractivity contribution in [3.8, 4) is 17.2 Å². The van der Waals surface area contributed by atoms with Gasteiger partial charge in [-0.3, -0.25) is 4.79 Å². The normalized spacial score (nSPS) is 14.4. The third-order valence-electron chi connectivity index (χ3n) is 3.90. The summed E-state index contributed by atoms with van der Waals surface area (Å²) in [4.78, 5) is 14.6. The van der Waals surface area contributed by atoms with E-state index in [1.54, 1.807) is 12.1 Å². The molecule has 0 saturated carbocycles. The number of morpholine rings is 1. The second-order valence-corrected chi connectivity index (χ2v) is 6.83. The van der Waals surface area contributed by atoms with Crippen LogP contribution in [0, 0.1) is 11.3 Å². The lowest BCUT2D eigenvalue weighted by Gasteiger charge is -2.28. The highest BCUT2D eigenvalue weighted by molar-refractivity contribution is 7.18. The van der Waals surface area contributed by atoms with E-state index in [9.17, 15) is 10.1 Å². The van der Waals surface area contributed by atoms with E-state index >= 15 is 0 Å². The summed E-state index contributed by atoms with van der Waals surface area (Å²) in [6.45, 7) is 2.73. The highest BCUT2D eigenvalue weighted by Gasteiger charge is 2.26. The van der Waals surface area contributed by atoms with Gasteiger partial charge in [0.05, 0.1) is 30.7 Å². The Labute approximate surface area is 149 Å². The molecule has 2 N–H and O–H groups in total. The Balaban J connectivity index is 2.17. The minimum Gasteiger partial charge on any atom is -0.378 e. The van der Waals surface area contributed by atoms with Crippen molar-refractivity contribution in [1.82, 2.24) is 0 Å². The number of primary amides is 1. The predicted molar refractivity (Wildman–Crippen MR) is 95.6 cm³/mol. The van der Waals surface area contributed by atoms with Crippen LogP contribution >= 0.6 is 22.9 Å². The molecule has 0 radical (unpaired) electrons. The smallest absolute Gasteiger partial charge is 0.259 e. The zero-order valence-corrected chi connectivity index (χ0v) is 14.5. The molecule has 0 aliphatic carbocycles. The van der Waals surface area contributed by atoms with Gasteiger partial charge in [0.15, 0.2) is 0 Å². The van der Waals surface area contributed by atoms with Crippen molar-refractivity contribution >= 4 is 33.8 Å². The van der Waals surface area contributed by atoms with Gasteiger partial charge in [0, 0.05) is 29.2 Å². The Kier molecular flexibility index (Phi) is 5.05. The van der Waals surface area contributed by atoms with Crippen molar-refractivity contribution in [3.05, 3.63) is 39.7 Å². The molecule has 0 unspecified atom stereocenters. The quantitative estimate of drug-likeness (QED) is 0.907. The van der Waals surface area contributed by atoms with Gasteiger partial charge in [-0.15, -0.1) is 11.3 Å². The van der Waals surface area contributed by atoms with Crippen molar-refractivity contribution in [1.29, 1.82) is 5.26 Å². The van der Waals surface area contributed by atoms with Crippen LogP contribution in [0.3, 0.4) is 0 Å². The number of amides is 1. The van der Waals surface area contributed by atoms with Crippen molar-refractivity contribution in [3.63, 3.8) is 0 Å². The first kappa shape index (κ1) is 16.8. The number of ether oxygens (including phenoxy) is 1. The molecule has 1 aliphatic heterocycles. The number of anilines is 1. The Hall–Kier alpha value is -2.07. The summed E-state index contributed by atoms with van der Waals surface area (Å²) in [5, 5.41) is 10.8. The van der Waals surface area contributed by atoms with Crippen molar-refractivity contribution < 1.29 is 9.53 Å². The molecule has 1 aromatic carbocycles. The number of nitrogens with zero attached hydrogens (tertiary/aromatic N) is 2. The molecule has 5 nitrogen and oxygen atoms in total. The maximum absolute atomic E-state index is 12.0. The third kappa shape index (κ3) is 3.24. The van der Waals surface area contributed by atoms with E-state index in [1.807, 2.05) is 12.1 Å². The summed E-state index contributed by atoms with van der Waals surface area (Å²) < 4.78 is 5.40. The first-order valence-electron chi connectivity index (χ1n) is 7.53. The number of carbonyl (C=O) groups is 1. The number of hydrogen-bond donors (Lipinski definition) is 1. The summed E-state index contributed by atoms with van der Waals surface area (Å²) in [6.07, 6.45) is 0.217. The number of nitriles is 1. The second-order valence-electron chi connectivity index (χ2n) is 5.40. The molecule has 1 saturated heterocycles. The van der Waals surface area contributed by atoms with E-state index in [-0.39, 0.29) is 6.42 Å². The third-order valence-corrected chi connectivity index (χ3v) is 5.46. The molecule has 0 bridgehead atoms. The van der Waals surface area contributed by atoms with Crippen LogP contribution in [0.4, 0.5) is 5.00 Å². The van der Waals surface area contributed by atoms with Crippen LogP contribution in [0.5, 0.6) is 0 Å². The lowest BCUT2D eigenvalue weighted by molar-refractivity contribution is 0.100. The van der Waals surface area contributed by atoms with Crippen LogP contribution in [0.2, 0.25) is 5.02 Å². The van der Waals surface area contributed by atoms with Gasteiger partial charge in [-0.1, -0.05) is 23.7 Å². The maximum atomic E-state index is 12.0. The van der Waals surface area contributed by atoms with Crippen molar-refractivity contribution in [2.24, 2.45) is 5.73 Å². The van der Waals surface area contributed by atoms with Crippen LogP contribution in [-0.4, -0.2) is 32.2 Å². The lowest BCUT2D eigenvalue weighted by atomic mass is 9.99. The van der Waals surface area contributed by atoms with E-state index in [1.165, 1.54) is 11.3 Å². The molecule has 1 aliphatic rings. The molecule has 2 aromatic rings. The van der Waals surface area contributed by atoms with Crippen LogP contribution in [-0.2, 0) is 11.2 Å². The summed E-state index contributed by atoms with van der Waals surface area (Å²) >= 11 is 7.32. The Morgan fingerprint density at radius 3 is 2.58 bits per heavy atom. The van der Waals surface area contributed by atoms with Gasteiger partial charge in [0.1, 0.15) is 4.88 Å². The van der Waals surface area contributed by atoms with Crippen molar-refractivity contribution in [2.75, 3.05) is 31.2 Å². The highest BCUT2D eigenvalue weighted by Crippen LogP contribution is 2.42. The van der Waals surface area contributed by atoms with Crippen LogP contribution in [0.15, 0.2) is 24.3 Å². The largest absolute Gasteiger partial charge is 0.378 e. The van der Waals surface area contributed by atoms with E-state index in [0.29, 0.717) is 23.1 Å². The van der Waals surface area contributed by atoms with E-state index in [2.05, 4.69) is 11.0 Å². The number of halogens is 1. The molecular formula is C17H16ClN3O2S. The Morgan fingerprint density at radius 1 is 1.33 bits per heavy atom. The van der Waals surface area contributed by atoms with E-state index < -0.39 is 5.91 Å². The van der Waals surface area contributed by atoms with Gasteiger partial charge in [-0.05, 0) is 17.7 Å². The molecule has 1 aromatic heterocycles. The molecule has 0 spiro atoms. The van der Waals surface area contributed by atoms with Gasteiger partial charge in [0.2, 0.25) is 0 Å². The minimum absolute atomic E-state index is 0.217. The van der Waals surface area contributed by atoms with E-state index in [0.717, 1.165) is 34.8 Å². The first-order valence-corrected chi connectivity index (χ1v) is 8.72. The topological polar surface area (TPSA) is 79.3 Å². The number of hydrogen-bond acceptors (Lipinski definition) is 5. The van der Waals surface area contributed by atoms with Gasteiger partial charge in [0.25, 0.3) is 5.91 Å². The monoisotopic (exact) mass is 361 g/mol. The van der Waals surface area contributed by atoms with Gasteiger partial charge in [-0.2, -0.15) is 5.26 Å². The van der Waals surface area contributed by atoms with Gasteiger partial charge < -0.3 is 15.4 Å². The number of rotatable bonds is 4. The molecule has 1 fully saturated rings.